The highest BCUT2D eigenvalue weighted by Gasteiger charge is 2.12. The van der Waals surface area contributed by atoms with Gasteiger partial charge in [0.15, 0.2) is 0 Å². The molecule has 0 fully saturated rings. The highest BCUT2D eigenvalue weighted by atomic mass is 79.9. The fraction of sp³-hybridized carbons (Fsp3) is 0. The standard InChI is InChI=1S/C25H17BrN2/c26-22-13-11-19(12-14-22)24-17-23-15-21(18-7-3-1-4-8-18)16-25(28(23)27-24)20-9-5-2-6-10-20/h1-17H. The SMILES string of the molecule is Brc1ccc(-c2cc3cc(-c4ccccc4)cc(-c4ccccc4)n3n2)cc1. The fourth-order valence-corrected chi connectivity index (χ4v) is 3.74. The predicted molar refractivity (Wildman–Crippen MR) is 119 cm³/mol. The van der Waals surface area contributed by atoms with E-state index in [1.165, 1.54) is 11.1 Å². The summed E-state index contributed by atoms with van der Waals surface area (Å²) < 4.78 is 3.11. The van der Waals surface area contributed by atoms with Crippen molar-refractivity contribution in [1.82, 2.24) is 9.61 Å². The minimum absolute atomic E-state index is 0.967. The van der Waals surface area contributed by atoms with Crippen molar-refractivity contribution in [2.24, 2.45) is 0 Å². The third kappa shape index (κ3) is 3.14. The Hall–Kier alpha value is -3.17. The molecule has 5 rings (SSSR count). The zero-order valence-electron chi connectivity index (χ0n) is 15.1. The van der Waals surface area contributed by atoms with Crippen molar-refractivity contribution in [3.8, 4) is 33.6 Å². The van der Waals surface area contributed by atoms with Gasteiger partial charge < -0.3 is 0 Å². The van der Waals surface area contributed by atoms with Crippen molar-refractivity contribution in [3.63, 3.8) is 0 Å². The Morgan fingerprint density at radius 2 is 1.21 bits per heavy atom. The molecule has 0 aliphatic heterocycles. The number of pyridine rings is 1. The summed E-state index contributed by atoms with van der Waals surface area (Å²) >= 11 is 3.50. The lowest BCUT2D eigenvalue weighted by atomic mass is 10.0. The topological polar surface area (TPSA) is 17.3 Å². The Kier molecular flexibility index (Phi) is 4.30. The third-order valence-corrected chi connectivity index (χ3v) is 5.41. The van der Waals surface area contributed by atoms with Gasteiger partial charge in [-0.25, -0.2) is 4.52 Å². The molecule has 3 aromatic carbocycles. The summed E-state index contributed by atoms with van der Waals surface area (Å²) in [7, 11) is 0. The van der Waals surface area contributed by atoms with Crippen LogP contribution in [-0.4, -0.2) is 9.61 Å². The van der Waals surface area contributed by atoms with E-state index in [9.17, 15) is 0 Å². The summed E-state index contributed by atoms with van der Waals surface area (Å²) in [6.07, 6.45) is 0. The second-order valence-electron chi connectivity index (χ2n) is 6.73. The van der Waals surface area contributed by atoms with Gasteiger partial charge in [0.1, 0.15) is 0 Å². The van der Waals surface area contributed by atoms with Crippen molar-refractivity contribution in [2.75, 3.05) is 0 Å². The Bertz CT molecular complexity index is 1240. The largest absolute Gasteiger partial charge is 0.232 e. The number of nitrogens with zero attached hydrogens (tertiary/aromatic N) is 2. The maximum absolute atomic E-state index is 4.93. The molecule has 0 N–H and O–H groups in total. The highest BCUT2D eigenvalue weighted by Crippen LogP contribution is 2.31. The number of aromatic nitrogens is 2. The summed E-state index contributed by atoms with van der Waals surface area (Å²) in [5.41, 5.74) is 7.78. The van der Waals surface area contributed by atoms with Crippen LogP contribution in [0.2, 0.25) is 0 Å². The van der Waals surface area contributed by atoms with E-state index in [0.29, 0.717) is 0 Å². The lowest BCUT2D eigenvalue weighted by molar-refractivity contribution is 0.974. The molecule has 2 heterocycles. The van der Waals surface area contributed by atoms with Crippen molar-refractivity contribution < 1.29 is 0 Å². The molecular weight excluding hydrogens is 408 g/mol. The van der Waals surface area contributed by atoms with Gasteiger partial charge in [0.2, 0.25) is 0 Å². The maximum Gasteiger partial charge on any atom is 0.0933 e. The quantitative estimate of drug-likeness (QED) is 0.301. The molecule has 0 amide bonds. The van der Waals surface area contributed by atoms with Gasteiger partial charge in [-0.1, -0.05) is 88.7 Å². The number of rotatable bonds is 3. The average molecular weight is 425 g/mol. The zero-order valence-corrected chi connectivity index (χ0v) is 16.7. The van der Waals surface area contributed by atoms with Gasteiger partial charge in [0.25, 0.3) is 0 Å². The molecule has 28 heavy (non-hydrogen) atoms. The first-order valence-electron chi connectivity index (χ1n) is 9.18. The van der Waals surface area contributed by atoms with E-state index in [1.807, 2.05) is 28.8 Å². The Balaban J connectivity index is 1.75. The smallest absolute Gasteiger partial charge is 0.0933 e. The Labute approximate surface area is 172 Å². The predicted octanol–water partition coefficient (Wildman–Crippen LogP) is 7.10. The monoisotopic (exact) mass is 424 g/mol. The summed E-state index contributed by atoms with van der Waals surface area (Å²) in [4.78, 5) is 0. The van der Waals surface area contributed by atoms with E-state index in [4.69, 9.17) is 5.10 Å². The first-order valence-corrected chi connectivity index (χ1v) is 9.98. The molecule has 2 aromatic heterocycles. The van der Waals surface area contributed by atoms with Gasteiger partial charge in [-0.3, -0.25) is 0 Å². The van der Waals surface area contributed by atoms with Gasteiger partial charge in [-0.15, -0.1) is 0 Å². The Morgan fingerprint density at radius 3 is 1.89 bits per heavy atom. The summed E-state index contributed by atoms with van der Waals surface area (Å²) in [6.45, 7) is 0. The minimum atomic E-state index is 0.967. The summed E-state index contributed by atoms with van der Waals surface area (Å²) in [5.74, 6) is 0. The number of hydrogen-bond acceptors (Lipinski definition) is 1. The molecule has 2 nitrogen and oxygen atoms in total. The molecule has 0 aliphatic carbocycles. The second-order valence-corrected chi connectivity index (χ2v) is 7.65. The third-order valence-electron chi connectivity index (χ3n) is 4.88. The van der Waals surface area contributed by atoms with Crippen LogP contribution in [0, 0.1) is 0 Å². The van der Waals surface area contributed by atoms with E-state index in [1.54, 1.807) is 0 Å². The lowest BCUT2D eigenvalue weighted by Gasteiger charge is -2.09. The van der Waals surface area contributed by atoms with Gasteiger partial charge >= 0.3 is 0 Å². The highest BCUT2D eigenvalue weighted by molar-refractivity contribution is 9.10. The first-order chi connectivity index (χ1) is 13.8. The van der Waals surface area contributed by atoms with Crippen LogP contribution in [0.25, 0.3) is 39.2 Å². The molecule has 134 valence electrons. The van der Waals surface area contributed by atoms with Crippen LogP contribution in [0.1, 0.15) is 0 Å². The molecule has 0 aliphatic rings. The van der Waals surface area contributed by atoms with Gasteiger partial charge in [0.05, 0.1) is 16.9 Å². The van der Waals surface area contributed by atoms with Crippen LogP contribution >= 0.6 is 15.9 Å². The van der Waals surface area contributed by atoms with Crippen LogP contribution in [0.3, 0.4) is 0 Å². The average Bonchev–Trinajstić information content (AvgIpc) is 3.19. The van der Waals surface area contributed by atoms with Crippen molar-refractivity contribution >= 4 is 21.4 Å². The summed E-state index contributed by atoms with van der Waals surface area (Å²) in [5, 5.41) is 4.93. The maximum atomic E-state index is 4.93. The normalized spacial score (nSPS) is 11.0. The Morgan fingerprint density at radius 1 is 0.571 bits per heavy atom. The number of fused-ring (bicyclic) bond motifs is 1. The molecule has 3 heteroatoms. The van der Waals surface area contributed by atoms with Gasteiger partial charge in [-0.05, 0) is 41.5 Å². The van der Waals surface area contributed by atoms with Crippen LogP contribution in [0.15, 0.2) is 108 Å². The molecule has 0 saturated carbocycles. The van der Waals surface area contributed by atoms with Gasteiger partial charge in [-0.2, -0.15) is 5.10 Å². The molecule has 0 spiro atoms. The molecular formula is C25H17BrN2. The molecule has 0 atom stereocenters. The molecule has 0 bridgehead atoms. The summed E-state index contributed by atoms with van der Waals surface area (Å²) in [6, 6.07) is 35.8. The van der Waals surface area contributed by atoms with Crippen molar-refractivity contribution in [3.05, 3.63) is 108 Å². The molecule has 0 unspecified atom stereocenters. The van der Waals surface area contributed by atoms with Crippen LogP contribution < -0.4 is 0 Å². The molecule has 0 saturated heterocycles. The van der Waals surface area contributed by atoms with E-state index < -0.39 is 0 Å². The number of benzene rings is 3. The van der Waals surface area contributed by atoms with Crippen LogP contribution in [0.5, 0.6) is 0 Å². The van der Waals surface area contributed by atoms with Crippen molar-refractivity contribution in [2.45, 2.75) is 0 Å². The second kappa shape index (κ2) is 7.10. The van der Waals surface area contributed by atoms with Crippen molar-refractivity contribution in [1.29, 1.82) is 0 Å². The zero-order chi connectivity index (χ0) is 18.9. The van der Waals surface area contributed by atoms with Crippen LogP contribution in [-0.2, 0) is 0 Å². The van der Waals surface area contributed by atoms with Gasteiger partial charge in [0, 0.05) is 15.6 Å². The molecule has 0 radical (unpaired) electrons. The van der Waals surface area contributed by atoms with E-state index >= 15 is 0 Å². The fourth-order valence-electron chi connectivity index (χ4n) is 3.47. The van der Waals surface area contributed by atoms with E-state index in [2.05, 4.69) is 94.8 Å². The minimum Gasteiger partial charge on any atom is -0.232 e. The number of halogens is 1. The van der Waals surface area contributed by atoms with Crippen LogP contribution in [0.4, 0.5) is 0 Å². The first kappa shape index (κ1) is 17.0. The van der Waals surface area contributed by atoms with E-state index in [0.717, 1.165) is 32.5 Å². The molecule has 5 aromatic rings. The lowest BCUT2D eigenvalue weighted by Crippen LogP contribution is -1.95. The number of hydrogen-bond donors (Lipinski definition) is 0. The van der Waals surface area contributed by atoms with E-state index in [-0.39, 0.29) is 0 Å².